The lowest BCUT2D eigenvalue weighted by Crippen LogP contribution is -2.46. The Balaban J connectivity index is 3.19. The van der Waals surface area contributed by atoms with E-state index in [1.165, 1.54) is 0 Å². The maximum absolute atomic E-state index is 12.8. The molecule has 0 saturated carbocycles. The van der Waals surface area contributed by atoms with Crippen molar-refractivity contribution in [2.24, 2.45) is 15.4 Å². The van der Waals surface area contributed by atoms with Crippen molar-refractivity contribution in [3.8, 4) is 5.75 Å². The van der Waals surface area contributed by atoms with E-state index in [1.807, 2.05) is 0 Å². The molecule has 0 radical (unpaired) electrons. The number of nitrogens with zero attached hydrogens (tertiary/aromatic N) is 1. The van der Waals surface area contributed by atoms with Crippen LogP contribution in [0.15, 0.2) is 33.5 Å². The summed E-state index contributed by atoms with van der Waals surface area (Å²) in [5, 5.41) is 8.02. The van der Waals surface area contributed by atoms with Crippen LogP contribution in [0.5, 0.6) is 5.75 Å². The van der Waals surface area contributed by atoms with Gasteiger partial charge in [-0.3, -0.25) is 4.79 Å². The van der Waals surface area contributed by atoms with Crippen LogP contribution in [0.25, 0.3) is 0 Å². The number of benzene rings is 1. The highest BCUT2D eigenvalue weighted by molar-refractivity contribution is 7.91. The van der Waals surface area contributed by atoms with Crippen LogP contribution in [-0.4, -0.2) is 34.2 Å². The van der Waals surface area contributed by atoms with Gasteiger partial charge in [-0.2, -0.15) is 0 Å². The van der Waals surface area contributed by atoms with Gasteiger partial charge in [-0.25, -0.2) is 14.1 Å². The van der Waals surface area contributed by atoms with Crippen molar-refractivity contribution in [3.05, 3.63) is 24.3 Å². The van der Waals surface area contributed by atoms with E-state index in [0.29, 0.717) is 6.42 Å². The third kappa shape index (κ3) is 8.57. The Kier molecular flexibility index (Phi) is 8.26. The number of amides is 2. The van der Waals surface area contributed by atoms with Crippen molar-refractivity contribution in [3.63, 3.8) is 0 Å². The number of alkyl halides is 3. The Bertz CT molecular complexity index is 890. The first kappa shape index (κ1) is 25.7. The summed E-state index contributed by atoms with van der Waals surface area (Å²) in [6.07, 6.45) is -5.37. The van der Waals surface area contributed by atoms with E-state index < -0.39 is 51.6 Å². The standard InChI is InChI=1S/C18H26F3N3O5S/c1-6-11(2)14(23-16(26)29-17(3,4)5)15(25)24-30(22,27)13-9-7-8-12(10-13)28-18(19,20)21/h7-11,14H,6H2,1-5H3,(H,23,26)(H2,22,24,25,27)/t11-,14-,30?/m0/s1. The van der Waals surface area contributed by atoms with E-state index in [1.54, 1.807) is 34.6 Å². The molecule has 170 valence electrons. The van der Waals surface area contributed by atoms with Gasteiger partial charge in [0.05, 0.1) is 4.90 Å². The maximum atomic E-state index is 12.8. The van der Waals surface area contributed by atoms with Crippen molar-refractivity contribution in [1.29, 1.82) is 0 Å². The Hall–Kier alpha value is -2.34. The van der Waals surface area contributed by atoms with Crippen LogP contribution >= 0.6 is 0 Å². The zero-order valence-corrected chi connectivity index (χ0v) is 18.1. The van der Waals surface area contributed by atoms with Crippen molar-refractivity contribution in [2.75, 3.05) is 0 Å². The summed E-state index contributed by atoms with van der Waals surface area (Å²) in [6, 6.07) is 2.87. The second-order valence-electron chi connectivity index (χ2n) is 7.53. The topological polar surface area (TPSA) is 120 Å². The number of carbonyl (C=O) groups is 2. The largest absolute Gasteiger partial charge is 0.573 e. The first-order chi connectivity index (χ1) is 13.5. The first-order valence-electron chi connectivity index (χ1n) is 8.98. The van der Waals surface area contributed by atoms with Gasteiger partial charge in [0.25, 0.3) is 5.91 Å². The van der Waals surface area contributed by atoms with E-state index in [9.17, 15) is 27.0 Å². The Morgan fingerprint density at radius 1 is 1.27 bits per heavy atom. The molecule has 0 aliphatic heterocycles. The third-order valence-corrected chi connectivity index (χ3v) is 5.13. The summed E-state index contributed by atoms with van der Waals surface area (Å²) in [5.74, 6) is -2.07. The SMILES string of the molecule is CC[C@H](C)[C@H](NC(=O)OC(C)(C)C)C(=O)N=S(N)(=O)c1cccc(OC(F)(F)F)c1. The van der Waals surface area contributed by atoms with Crippen molar-refractivity contribution >= 4 is 21.9 Å². The lowest BCUT2D eigenvalue weighted by Gasteiger charge is -2.25. The van der Waals surface area contributed by atoms with Gasteiger partial charge in [0.15, 0.2) is 0 Å². The number of nitrogens with two attached hydrogens (primary N) is 1. The highest BCUT2D eigenvalue weighted by Gasteiger charge is 2.32. The van der Waals surface area contributed by atoms with Gasteiger partial charge >= 0.3 is 12.5 Å². The zero-order valence-electron chi connectivity index (χ0n) is 17.3. The third-order valence-electron chi connectivity index (χ3n) is 3.75. The fourth-order valence-electron chi connectivity index (χ4n) is 2.21. The molecule has 0 aliphatic rings. The molecule has 0 saturated heterocycles. The quantitative estimate of drug-likeness (QED) is 0.680. The van der Waals surface area contributed by atoms with Crippen molar-refractivity contribution in [1.82, 2.24) is 5.32 Å². The van der Waals surface area contributed by atoms with Crippen LogP contribution < -0.4 is 15.2 Å². The molecule has 1 rings (SSSR count). The van der Waals surface area contributed by atoms with E-state index >= 15 is 0 Å². The Morgan fingerprint density at radius 3 is 2.37 bits per heavy atom. The van der Waals surface area contributed by atoms with Crippen LogP contribution in [0.2, 0.25) is 0 Å². The molecular formula is C18H26F3N3O5S. The summed E-state index contributed by atoms with van der Waals surface area (Å²) in [6.45, 7) is 8.34. The highest BCUT2D eigenvalue weighted by atomic mass is 32.2. The highest BCUT2D eigenvalue weighted by Crippen LogP contribution is 2.25. The molecule has 30 heavy (non-hydrogen) atoms. The maximum Gasteiger partial charge on any atom is 0.573 e. The van der Waals surface area contributed by atoms with Crippen LogP contribution in [0.3, 0.4) is 0 Å². The molecule has 0 aliphatic carbocycles. The number of halogens is 3. The number of hydrogen-bond acceptors (Lipinski definition) is 5. The fraction of sp³-hybridized carbons (Fsp3) is 0.556. The summed E-state index contributed by atoms with van der Waals surface area (Å²) >= 11 is 0. The monoisotopic (exact) mass is 453 g/mol. The molecule has 8 nitrogen and oxygen atoms in total. The molecule has 1 aromatic rings. The number of carbonyl (C=O) groups excluding carboxylic acids is 2. The number of hydrogen-bond donors (Lipinski definition) is 2. The minimum atomic E-state index is -4.96. The van der Waals surface area contributed by atoms with Gasteiger partial charge in [-0.15, -0.1) is 17.5 Å². The molecular weight excluding hydrogens is 427 g/mol. The molecule has 1 unspecified atom stereocenters. The minimum Gasteiger partial charge on any atom is -0.444 e. The molecule has 0 heterocycles. The molecule has 0 spiro atoms. The molecule has 3 atom stereocenters. The predicted octanol–water partition coefficient (Wildman–Crippen LogP) is 3.75. The first-order valence-corrected chi connectivity index (χ1v) is 10.6. The van der Waals surface area contributed by atoms with Gasteiger partial charge in [-0.05, 0) is 44.9 Å². The van der Waals surface area contributed by atoms with Gasteiger partial charge in [-0.1, -0.05) is 26.3 Å². The molecule has 1 aromatic carbocycles. The average Bonchev–Trinajstić information content (AvgIpc) is 2.55. The van der Waals surface area contributed by atoms with Gasteiger partial charge in [0.1, 0.15) is 27.3 Å². The van der Waals surface area contributed by atoms with Crippen LogP contribution in [0, 0.1) is 5.92 Å². The van der Waals surface area contributed by atoms with Crippen molar-refractivity contribution in [2.45, 2.75) is 63.9 Å². The van der Waals surface area contributed by atoms with E-state index in [0.717, 1.165) is 24.3 Å². The molecule has 0 aromatic heterocycles. The minimum absolute atomic E-state index is 0.335. The van der Waals surface area contributed by atoms with Crippen LogP contribution in [0.4, 0.5) is 18.0 Å². The van der Waals surface area contributed by atoms with Gasteiger partial charge < -0.3 is 14.8 Å². The number of ether oxygens (including phenoxy) is 2. The Morgan fingerprint density at radius 2 is 1.87 bits per heavy atom. The van der Waals surface area contributed by atoms with Crippen molar-refractivity contribution < 1.29 is 36.4 Å². The number of rotatable bonds is 6. The number of alkyl carbamates (subject to hydrolysis) is 1. The summed E-state index contributed by atoms with van der Waals surface area (Å²) < 4.78 is 62.3. The second kappa shape index (κ2) is 9.65. The van der Waals surface area contributed by atoms with Crippen LogP contribution in [0.1, 0.15) is 41.0 Å². The average molecular weight is 453 g/mol. The molecule has 0 fully saturated rings. The molecule has 2 amide bonds. The molecule has 3 N–H and O–H groups in total. The Labute approximate surface area is 173 Å². The predicted molar refractivity (Wildman–Crippen MR) is 104 cm³/mol. The normalized spacial score (nSPS) is 16.0. The molecule has 0 bridgehead atoms. The van der Waals surface area contributed by atoms with Gasteiger partial charge in [0.2, 0.25) is 0 Å². The lowest BCUT2D eigenvalue weighted by molar-refractivity contribution is -0.274. The smallest absolute Gasteiger partial charge is 0.444 e. The van der Waals surface area contributed by atoms with E-state index in [2.05, 4.69) is 14.4 Å². The lowest BCUT2D eigenvalue weighted by atomic mass is 9.99. The molecule has 12 heteroatoms. The van der Waals surface area contributed by atoms with E-state index in [-0.39, 0.29) is 4.90 Å². The summed E-state index contributed by atoms with van der Waals surface area (Å²) in [7, 11) is -3.91. The number of nitrogens with one attached hydrogen (secondary N) is 1. The summed E-state index contributed by atoms with van der Waals surface area (Å²) in [5.41, 5.74) is -0.815. The second-order valence-corrected chi connectivity index (χ2v) is 9.32. The fourth-order valence-corrected chi connectivity index (χ4v) is 3.26. The van der Waals surface area contributed by atoms with Crippen LogP contribution in [-0.2, 0) is 19.4 Å². The van der Waals surface area contributed by atoms with E-state index in [4.69, 9.17) is 9.88 Å². The zero-order chi connectivity index (χ0) is 23.3. The summed E-state index contributed by atoms with van der Waals surface area (Å²) in [4.78, 5) is 24.4. The van der Waals surface area contributed by atoms with Gasteiger partial charge in [0, 0.05) is 0 Å².